The molecular weight excluding hydrogens is 350 g/mol. The van der Waals surface area contributed by atoms with Crippen molar-refractivity contribution in [2.24, 2.45) is 0 Å². The molecule has 8 nitrogen and oxygen atoms in total. The maximum atomic E-state index is 12.4. The number of esters is 1. The van der Waals surface area contributed by atoms with E-state index in [-0.39, 0.29) is 19.7 Å². The second-order valence-electron chi connectivity index (χ2n) is 4.98. The maximum absolute atomic E-state index is 12.4. The number of carbonyl (C=O) groups excluding carboxylic acids is 2. The number of benzene rings is 1. The second-order valence-corrected chi connectivity index (χ2v) is 5.38. The van der Waals surface area contributed by atoms with E-state index in [0.29, 0.717) is 16.5 Å². The van der Waals surface area contributed by atoms with E-state index >= 15 is 0 Å². The molecule has 0 bridgehead atoms. The van der Waals surface area contributed by atoms with Crippen LogP contribution in [-0.4, -0.2) is 41.3 Å². The molecule has 0 spiro atoms. The first-order valence-electron chi connectivity index (χ1n) is 7.50. The summed E-state index contributed by atoms with van der Waals surface area (Å²) in [4.78, 5) is 35.5. The zero-order valence-corrected chi connectivity index (χ0v) is 14.6. The molecule has 134 valence electrons. The van der Waals surface area contributed by atoms with Crippen LogP contribution in [0.15, 0.2) is 35.4 Å². The highest BCUT2D eigenvalue weighted by Gasteiger charge is 2.13. The Hall–Kier alpha value is -2.74. The zero-order chi connectivity index (χ0) is 18.4. The fourth-order valence-corrected chi connectivity index (χ4v) is 2.38. The summed E-state index contributed by atoms with van der Waals surface area (Å²) in [7, 11) is 1.52. The first kappa shape index (κ1) is 18.6. The lowest BCUT2D eigenvalue weighted by Gasteiger charge is -2.07. The summed E-state index contributed by atoms with van der Waals surface area (Å²) in [6.45, 7) is 1.44. The SMILES string of the molecule is CCOC(=O)CNC(=O)Cn1ccn(-c2ccc(OC)cc2Cl)c1=O. The van der Waals surface area contributed by atoms with Crippen LogP contribution in [0.25, 0.3) is 5.69 Å². The topological polar surface area (TPSA) is 91.6 Å². The number of nitrogens with one attached hydrogen (secondary N) is 1. The van der Waals surface area contributed by atoms with E-state index in [4.69, 9.17) is 21.1 Å². The van der Waals surface area contributed by atoms with E-state index in [1.165, 1.54) is 28.6 Å². The number of hydrogen-bond acceptors (Lipinski definition) is 5. The average Bonchev–Trinajstić information content (AvgIpc) is 2.94. The summed E-state index contributed by atoms with van der Waals surface area (Å²) >= 11 is 6.16. The molecule has 2 aromatic rings. The smallest absolute Gasteiger partial charge is 0.333 e. The monoisotopic (exact) mass is 367 g/mol. The van der Waals surface area contributed by atoms with Gasteiger partial charge >= 0.3 is 11.7 Å². The normalized spacial score (nSPS) is 10.4. The van der Waals surface area contributed by atoms with Crippen LogP contribution in [0.2, 0.25) is 5.02 Å². The van der Waals surface area contributed by atoms with Crippen molar-refractivity contribution < 1.29 is 19.1 Å². The van der Waals surface area contributed by atoms with E-state index in [9.17, 15) is 14.4 Å². The Bertz CT molecular complexity index is 827. The molecule has 0 aliphatic heterocycles. The van der Waals surface area contributed by atoms with Crippen molar-refractivity contribution in [3.05, 3.63) is 46.1 Å². The Morgan fingerprint density at radius 1 is 1.28 bits per heavy atom. The third-order valence-corrected chi connectivity index (χ3v) is 3.61. The van der Waals surface area contributed by atoms with Crippen molar-refractivity contribution in [2.75, 3.05) is 20.3 Å². The van der Waals surface area contributed by atoms with Gasteiger partial charge in [-0.15, -0.1) is 0 Å². The molecule has 1 aromatic heterocycles. The van der Waals surface area contributed by atoms with Crippen LogP contribution < -0.4 is 15.7 Å². The summed E-state index contributed by atoms with van der Waals surface area (Å²) in [5.74, 6) is -0.445. The number of halogens is 1. The van der Waals surface area contributed by atoms with Gasteiger partial charge in [-0.2, -0.15) is 0 Å². The van der Waals surface area contributed by atoms with E-state index in [1.807, 2.05) is 0 Å². The molecule has 0 fully saturated rings. The van der Waals surface area contributed by atoms with E-state index in [0.717, 1.165) is 0 Å². The first-order valence-corrected chi connectivity index (χ1v) is 7.88. The van der Waals surface area contributed by atoms with Crippen LogP contribution in [0.1, 0.15) is 6.92 Å². The average molecular weight is 368 g/mol. The predicted molar refractivity (Wildman–Crippen MR) is 91.2 cm³/mol. The van der Waals surface area contributed by atoms with Gasteiger partial charge in [-0.1, -0.05) is 11.6 Å². The summed E-state index contributed by atoms with van der Waals surface area (Å²) < 4.78 is 12.3. The Morgan fingerprint density at radius 3 is 2.68 bits per heavy atom. The van der Waals surface area contributed by atoms with E-state index in [2.05, 4.69) is 5.32 Å². The van der Waals surface area contributed by atoms with Gasteiger partial charge in [0.1, 0.15) is 18.8 Å². The van der Waals surface area contributed by atoms with Gasteiger partial charge in [0.25, 0.3) is 0 Å². The molecule has 1 aromatic carbocycles. The Morgan fingerprint density at radius 2 is 2.04 bits per heavy atom. The number of hydrogen-bond donors (Lipinski definition) is 1. The minimum absolute atomic E-state index is 0.223. The molecule has 0 unspecified atom stereocenters. The molecular formula is C16H18ClN3O5. The Labute approximate surface area is 148 Å². The molecule has 1 heterocycles. The number of methoxy groups -OCH3 is 1. The summed E-state index contributed by atoms with van der Waals surface area (Å²) in [5.41, 5.74) is 0.0384. The van der Waals surface area contributed by atoms with Crippen molar-refractivity contribution in [2.45, 2.75) is 13.5 Å². The number of nitrogens with zero attached hydrogens (tertiary/aromatic N) is 2. The van der Waals surface area contributed by atoms with Gasteiger partial charge in [0.2, 0.25) is 5.91 Å². The third-order valence-electron chi connectivity index (χ3n) is 3.31. The van der Waals surface area contributed by atoms with Gasteiger partial charge < -0.3 is 14.8 Å². The second kappa shape index (κ2) is 8.39. The number of aromatic nitrogens is 2. The lowest BCUT2D eigenvalue weighted by atomic mass is 10.3. The van der Waals surface area contributed by atoms with Crippen LogP contribution in [0.3, 0.4) is 0 Å². The third kappa shape index (κ3) is 4.63. The lowest BCUT2D eigenvalue weighted by Crippen LogP contribution is -2.35. The largest absolute Gasteiger partial charge is 0.497 e. The summed E-state index contributed by atoms with van der Waals surface area (Å²) in [5, 5.41) is 2.73. The fraction of sp³-hybridized carbons (Fsp3) is 0.312. The van der Waals surface area contributed by atoms with Gasteiger partial charge in [0, 0.05) is 18.5 Å². The molecule has 25 heavy (non-hydrogen) atoms. The molecule has 0 atom stereocenters. The number of imidazole rings is 1. The van der Waals surface area contributed by atoms with Gasteiger partial charge in [-0.3, -0.25) is 18.7 Å². The zero-order valence-electron chi connectivity index (χ0n) is 13.8. The molecule has 1 N–H and O–H groups in total. The predicted octanol–water partition coefficient (Wildman–Crippen LogP) is 0.980. The van der Waals surface area contributed by atoms with E-state index < -0.39 is 17.6 Å². The number of carbonyl (C=O) groups is 2. The van der Waals surface area contributed by atoms with Gasteiger partial charge in [-0.25, -0.2) is 4.79 Å². The molecule has 9 heteroatoms. The Balaban J connectivity index is 2.10. The van der Waals surface area contributed by atoms with Crippen LogP contribution in [0.4, 0.5) is 0 Å². The van der Waals surface area contributed by atoms with Gasteiger partial charge in [0.05, 0.1) is 24.4 Å². The lowest BCUT2D eigenvalue weighted by molar-refractivity contribution is -0.143. The molecule has 0 saturated carbocycles. The van der Waals surface area contributed by atoms with Gasteiger partial charge in [0.15, 0.2) is 0 Å². The van der Waals surface area contributed by atoms with Crippen molar-refractivity contribution >= 4 is 23.5 Å². The van der Waals surface area contributed by atoms with Crippen LogP contribution in [0.5, 0.6) is 5.75 Å². The molecule has 0 aliphatic carbocycles. The molecule has 0 aliphatic rings. The van der Waals surface area contributed by atoms with Crippen LogP contribution in [0, 0.1) is 0 Å². The summed E-state index contributed by atoms with van der Waals surface area (Å²) in [6.07, 6.45) is 2.97. The van der Waals surface area contributed by atoms with E-state index in [1.54, 1.807) is 25.1 Å². The number of rotatable bonds is 7. The fourth-order valence-electron chi connectivity index (χ4n) is 2.12. The maximum Gasteiger partial charge on any atom is 0.333 e. The van der Waals surface area contributed by atoms with Gasteiger partial charge in [-0.05, 0) is 19.1 Å². The Kier molecular flexibility index (Phi) is 6.24. The van der Waals surface area contributed by atoms with Crippen molar-refractivity contribution in [1.29, 1.82) is 0 Å². The summed E-state index contributed by atoms with van der Waals surface area (Å²) in [6, 6.07) is 4.91. The highest BCUT2D eigenvalue weighted by molar-refractivity contribution is 6.32. The highest BCUT2D eigenvalue weighted by Crippen LogP contribution is 2.24. The van der Waals surface area contributed by atoms with Crippen molar-refractivity contribution in [3.8, 4) is 11.4 Å². The van der Waals surface area contributed by atoms with Crippen molar-refractivity contribution in [3.63, 3.8) is 0 Å². The standard InChI is InChI=1S/C16H18ClN3O5/c1-3-25-15(22)9-18-14(21)10-19-6-7-20(16(19)23)13-5-4-11(24-2)8-12(13)17/h4-8H,3,9-10H2,1-2H3,(H,18,21). The van der Waals surface area contributed by atoms with Crippen LogP contribution >= 0.6 is 11.6 Å². The minimum atomic E-state index is -0.536. The number of ether oxygens (including phenoxy) is 2. The molecule has 2 rings (SSSR count). The minimum Gasteiger partial charge on any atom is -0.497 e. The molecule has 0 radical (unpaired) electrons. The van der Waals surface area contributed by atoms with Crippen LogP contribution in [-0.2, 0) is 20.9 Å². The number of amides is 1. The quantitative estimate of drug-likeness (QED) is 0.736. The highest BCUT2D eigenvalue weighted by atomic mass is 35.5. The molecule has 1 amide bonds. The first-order chi connectivity index (χ1) is 12.0. The van der Waals surface area contributed by atoms with Crippen molar-refractivity contribution in [1.82, 2.24) is 14.5 Å². The molecule has 0 saturated heterocycles.